The van der Waals surface area contributed by atoms with E-state index < -0.39 is 11.9 Å². The number of aliphatic hydroxyl groups excluding tert-OH is 1. The summed E-state index contributed by atoms with van der Waals surface area (Å²) in [4.78, 5) is 2.15. The lowest BCUT2D eigenvalue weighted by molar-refractivity contribution is 0.0244. The quantitative estimate of drug-likeness (QED) is 0.263. The van der Waals surface area contributed by atoms with Crippen molar-refractivity contribution in [1.82, 2.24) is 14.7 Å². The van der Waals surface area contributed by atoms with E-state index >= 15 is 0 Å². The van der Waals surface area contributed by atoms with Gasteiger partial charge in [-0.05, 0) is 43.7 Å². The monoisotopic (exact) mass is 467 g/mol. The van der Waals surface area contributed by atoms with Gasteiger partial charge in [-0.2, -0.15) is 5.10 Å². The predicted octanol–water partition coefficient (Wildman–Crippen LogP) is 5.14. The third-order valence-corrected chi connectivity index (χ3v) is 5.33. The lowest BCUT2D eigenvalue weighted by Crippen LogP contribution is -2.35. The first-order chi connectivity index (χ1) is 16.6. The van der Waals surface area contributed by atoms with Gasteiger partial charge in [0.05, 0.1) is 36.3 Å². The van der Waals surface area contributed by atoms with Crippen molar-refractivity contribution in [3.63, 3.8) is 0 Å². The van der Waals surface area contributed by atoms with Crippen LogP contribution >= 0.6 is 0 Å². The zero-order valence-electron chi connectivity index (χ0n) is 20.0. The Morgan fingerprint density at radius 2 is 1.88 bits per heavy atom. The average molecular weight is 468 g/mol. The summed E-state index contributed by atoms with van der Waals surface area (Å²) >= 11 is 0. The highest BCUT2D eigenvalue weighted by atomic mass is 19.1. The van der Waals surface area contributed by atoms with E-state index in [2.05, 4.69) is 18.4 Å². The van der Waals surface area contributed by atoms with Gasteiger partial charge in [0, 0.05) is 13.1 Å². The van der Waals surface area contributed by atoms with Crippen molar-refractivity contribution in [3.8, 4) is 17.3 Å². The van der Waals surface area contributed by atoms with Crippen molar-refractivity contribution in [1.29, 1.82) is 0 Å². The zero-order valence-corrected chi connectivity index (χ0v) is 20.0. The summed E-state index contributed by atoms with van der Waals surface area (Å²) < 4.78 is 27.8. The summed E-state index contributed by atoms with van der Waals surface area (Å²) in [6, 6.07) is 16.0. The van der Waals surface area contributed by atoms with E-state index in [0.29, 0.717) is 32.0 Å². The zero-order chi connectivity index (χ0) is 24.3. The Balaban J connectivity index is 1.97. The molecule has 0 aliphatic carbocycles. The Morgan fingerprint density at radius 3 is 2.56 bits per heavy atom. The Bertz CT molecular complexity index is 1040. The first-order valence-electron chi connectivity index (χ1n) is 11.7. The lowest BCUT2D eigenvalue weighted by atomic mass is 10.1. The van der Waals surface area contributed by atoms with Gasteiger partial charge in [0.25, 0.3) is 0 Å². The van der Waals surface area contributed by atoms with Crippen molar-refractivity contribution in [3.05, 3.63) is 84.3 Å². The number of nitrogens with zero attached hydrogens (tertiary/aromatic N) is 3. The van der Waals surface area contributed by atoms with Crippen molar-refractivity contribution < 1.29 is 19.0 Å². The molecule has 0 fully saturated rings. The molecule has 0 unspecified atom stereocenters. The van der Waals surface area contributed by atoms with Gasteiger partial charge in [0.15, 0.2) is 11.6 Å². The lowest BCUT2D eigenvalue weighted by Gasteiger charge is -2.25. The molecule has 0 aliphatic rings. The summed E-state index contributed by atoms with van der Waals surface area (Å²) in [6.07, 6.45) is 2.62. The van der Waals surface area contributed by atoms with Crippen molar-refractivity contribution >= 4 is 0 Å². The van der Waals surface area contributed by atoms with Crippen molar-refractivity contribution in [2.24, 2.45) is 0 Å². The van der Waals surface area contributed by atoms with Gasteiger partial charge in [0.1, 0.15) is 0 Å². The van der Waals surface area contributed by atoms with E-state index in [0.717, 1.165) is 29.9 Å². The van der Waals surface area contributed by atoms with Crippen LogP contribution in [-0.2, 0) is 17.7 Å². The number of aryl methyl sites for hydroxylation is 1. The van der Waals surface area contributed by atoms with Crippen LogP contribution in [0.25, 0.3) is 5.69 Å². The Kier molecular flexibility index (Phi) is 9.82. The molecule has 1 atom stereocenters. The standard InChI is InChI=1S/C27H34FN3O3/c1-4-16-30(18-22(32)20-33-17-5-2)19-23-25(6-3)29-31(21-12-8-7-9-13-21)27(23)34-26-15-11-10-14-24(26)28/h5,7-15,22,32H,2,4,6,16-20H2,1,3H3/t22-/m1/s1. The molecule has 1 heterocycles. The Hall–Kier alpha value is -3.00. The number of ether oxygens (including phenoxy) is 2. The van der Waals surface area contributed by atoms with Crippen LogP contribution in [0.1, 0.15) is 31.5 Å². The molecule has 1 aromatic heterocycles. The van der Waals surface area contributed by atoms with E-state index in [1.165, 1.54) is 6.07 Å². The fourth-order valence-corrected chi connectivity index (χ4v) is 3.81. The van der Waals surface area contributed by atoms with Gasteiger partial charge in [-0.15, -0.1) is 6.58 Å². The van der Waals surface area contributed by atoms with Crippen molar-refractivity contribution in [2.45, 2.75) is 39.3 Å². The van der Waals surface area contributed by atoms with E-state index in [1.54, 1.807) is 29.0 Å². The third kappa shape index (κ3) is 6.76. The van der Waals surface area contributed by atoms with E-state index in [9.17, 15) is 9.50 Å². The van der Waals surface area contributed by atoms with Crippen LogP contribution in [-0.4, -0.2) is 52.2 Å². The second-order valence-corrected chi connectivity index (χ2v) is 8.08. The summed E-state index contributed by atoms with van der Waals surface area (Å²) in [6.45, 7) is 10.1. The maximum absolute atomic E-state index is 14.5. The molecule has 1 N–H and O–H groups in total. The Labute approximate surface area is 201 Å². The molecule has 0 radical (unpaired) electrons. The van der Waals surface area contributed by atoms with E-state index in [4.69, 9.17) is 14.6 Å². The van der Waals surface area contributed by atoms with Crippen molar-refractivity contribution in [2.75, 3.05) is 26.3 Å². The van der Waals surface area contributed by atoms with Crippen LogP contribution in [0.15, 0.2) is 67.3 Å². The van der Waals surface area contributed by atoms with Crippen LogP contribution in [0.3, 0.4) is 0 Å². The van der Waals surface area contributed by atoms with Gasteiger partial charge in [-0.3, -0.25) is 4.90 Å². The second kappa shape index (κ2) is 13.0. The molecule has 2 aromatic carbocycles. The minimum absolute atomic E-state index is 0.142. The number of para-hydroxylation sites is 2. The summed E-state index contributed by atoms with van der Waals surface area (Å²) in [5.74, 6) is 0.183. The molecule has 34 heavy (non-hydrogen) atoms. The van der Waals surface area contributed by atoms with Gasteiger partial charge in [-0.25, -0.2) is 9.07 Å². The smallest absolute Gasteiger partial charge is 0.227 e. The predicted molar refractivity (Wildman–Crippen MR) is 132 cm³/mol. The van der Waals surface area contributed by atoms with Crippen LogP contribution in [0.2, 0.25) is 0 Å². The number of aromatic nitrogens is 2. The molecule has 0 saturated carbocycles. The number of hydrogen-bond donors (Lipinski definition) is 1. The van der Waals surface area contributed by atoms with Gasteiger partial charge in [0.2, 0.25) is 5.88 Å². The first-order valence-corrected chi connectivity index (χ1v) is 11.7. The third-order valence-electron chi connectivity index (χ3n) is 5.33. The number of halogens is 1. The summed E-state index contributed by atoms with van der Waals surface area (Å²) in [7, 11) is 0. The minimum atomic E-state index is -0.642. The molecule has 0 saturated heterocycles. The van der Waals surface area contributed by atoms with E-state index in [1.807, 2.05) is 37.3 Å². The number of benzene rings is 2. The SMILES string of the molecule is C=CCOC[C@H](O)CN(CCC)Cc1c(CC)nn(-c2ccccc2)c1Oc1ccccc1F. The summed E-state index contributed by atoms with van der Waals surface area (Å²) in [5.41, 5.74) is 2.57. The first kappa shape index (κ1) is 25.6. The minimum Gasteiger partial charge on any atom is -0.435 e. The maximum Gasteiger partial charge on any atom is 0.227 e. The molecule has 6 nitrogen and oxygen atoms in total. The molecule has 0 spiro atoms. The van der Waals surface area contributed by atoms with E-state index in [-0.39, 0.29) is 12.4 Å². The number of aliphatic hydroxyl groups is 1. The molecule has 3 aromatic rings. The highest BCUT2D eigenvalue weighted by Gasteiger charge is 2.24. The average Bonchev–Trinajstić information content (AvgIpc) is 3.18. The fourth-order valence-electron chi connectivity index (χ4n) is 3.81. The van der Waals surface area contributed by atoms with Gasteiger partial charge < -0.3 is 14.6 Å². The molecule has 3 rings (SSSR count). The number of rotatable bonds is 14. The van der Waals surface area contributed by atoms with Crippen LogP contribution < -0.4 is 4.74 Å². The second-order valence-electron chi connectivity index (χ2n) is 8.08. The molecule has 7 heteroatoms. The number of hydrogen-bond acceptors (Lipinski definition) is 5. The molecule has 0 aliphatic heterocycles. The highest BCUT2D eigenvalue weighted by molar-refractivity contribution is 5.44. The molecular formula is C27H34FN3O3. The van der Waals surface area contributed by atoms with Crippen LogP contribution in [0, 0.1) is 5.82 Å². The summed E-state index contributed by atoms with van der Waals surface area (Å²) in [5, 5.41) is 15.3. The normalized spacial score (nSPS) is 12.1. The topological polar surface area (TPSA) is 59.8 Å². The Morgan fingerprint density at radius 1 is 1.15 bits per heavy atom. The van der Waals surface area contributed by atoms with Gasteiger partial charge in [-0.1, -0.05) is 50.3 Å². The maximum atomic E-state index is 14.5. The fraction of sp³-hybridized carbons (Fsp3) is 0.370. The molecule has 0 bridgehead atoms. The largest absolute Gasteiger partial charge is 0.435 e. The molecule has 0 amide bonds. The van der Waals surface area contributed by atoms with Gasteiger partial charge >= 0.3 is 0 Å². The van der Waals surface area contributed by atoms with Crippen LogP contribution in [0.5, 0.6) is 11.6 Å². The molecular weight excluding hydrogens is 433 g/mol. The molecule has 182 valence electrons. The van der Waals surface area contributed by atoms with Crippen LogP contribution in [0.4, 0.5) is 4.39 Å². The highest BCUT2D eigenvalue weighted by Crippen LogP contribution is 2.33.